The molecule has 0 saturated carbocycles. The lowest BCUT2D eigenvalue weighted by Gasteiger charge is -2.38. The summed E-state index contributed by atoms with van der Waals surface area (Å²) in [5.41, 5.74) is 0. The van der Waals surface area contributed by atoms with Crippen molar-refractivity contribution in [2.45, 2.75) is 37.6 Å². The summed E-state index contributed by atoms with van der Waals surface area (Å²) in [5.74, 6) is 0.216. The fourth-order valence-electron chi connectivity index (χ4n) is 1.50. The van der Waals surface area contributed by atoms with Crippen LogP contribution in [0.2, 0.25) is 0 Å². The molecule has 0 amide bonds. The van der Waals surface area contributed by atoms with E-state index in [1.165, 1.54) is 0 Å². The van der Waals surface area contributed by atoms with Gasteiger partial charge in [0.05, 0.1) is 0 Å². The van der Waals surface area contributed by atoms with Crippen molar-refractivity contribution in [1.82, 2.24) is 0 Å². The fraction of sp³-hybridized carbons (Fsp3) is 0.636. The largest absolute Gasteiger partial charge is 0.451 e. The molecular formula is C11H14O8. The summed E-state index contributed by atoms with van der Waals surface area (Å²) in [6.07, 6.45) is -3.45. The molecule has 0 bridgehead atoms. The summed E-state index contributed by atoms with van der Waals surface area (Å²) in [5, 5.41) is 28.7. The van der Waals surface area contributed by atoms with Gasteiger partial charge in [-0.05, 0) is 0 Å². The molecule has 0 aromatic rings. The van der Waals surface area contributed by atoms with Gasteiger partial charge < -0.3 is 29.5 Å². The zero-order chi connectivity index (χ0) is 14.6. The Kier molecular flexibility index (Phi) is 5.26. The molecule has 1 heterocycles. The molecule has 1 fully saturated rings. The molecule has 1 aliphatic heterocycles. The van der Waals surface area contributed by atoms with E-state index >= 15 is 0 Å². The first-order chi connectivity index (χ1) is 8.88. The average Bonchev–Trinajstić information content (AvgIpc) is 2.36. The third-order valence-corrected chi connectivity index (χ3v) is 2.38. The van der Waals surface area contributed by atoms with Crippen LogP contribution in [0.15, 0.2) is 0 Å². The number of carbonyl (C=O) groups excluding carboxylic acids is 2. The highest BCUT2D eigenvalue weighted by Crippen LogP contribution is 2.23. The molecule has 0 radical (unpaired) electrons. The molecule has 106 valence electrons. The Labute approximate surface area is 108 Å². The number of rotatable bonds is 3. The molecule has 8 nitrogen and oxygen atoms in total. The van der Waals surface area contributed by atoms with E-state index in [2.05, 4.69) is 9.47 Å². The van der Waals surface area contributed by atoms with Gasteiger partial charge in [0, 0.05) is 6.92 Å². The molecule has 19 heavy (non-hydrogen) atoms. The molecule has 5 unspecified atom stereocenters. The highest BCUT2D eigenvalue weighted by molar-refractivity contribution is 5.76. The van der Waals surface area contributed by atoms with Crippen LogP contribution in [0, 0.1) is 12.3 Å². The van der Waals surface area contributed by atoms with Gasteiger partial charge in [0.25, 0.3) is 0 Å². The number of carbonyl (C=O) groups is 2. The van der Waals surface area contributed by atoms with Crippen LogP contribution in [0.25, 0.3) is 0 Å². The predicted molar refractivity (Wildman–Crippen MR) is 58.2 cm³/mol. The summed E-state index contributed by atoms with van der Waals surface area (Å²) < 4.78 is 14.0. The van der Waals surface area contributed by atoms with Gasteiger partial charge >= 0.3 is 11.9 Å². The molecule has 5 atom stereocenters. The van der Waals surface area contributed by atoms with E-state index in [4.69, 9.17) is 11.2 Å². The van der Waals surface area contributed by atoms with E-state index < -0.39 is 42.6 Å². The Balaban J connectivity index is 2.78. The number of aliphatic hydroxyl groups excluding tert-OH is 3. The van der Waals surface area contributed by atoms with Gasteiger partial charge in [-0.3, -0.25) is 4.79 Å². The van der Waals surface area contributed by atoms with Crippen LogP contribution in [-0.4, -0.2) is 64.6 Å². The second-order valence-corrected chi connectivity index (χ2v) is 3.82. The number of ether oxygens (including phenoxy) is 3. The van der Waals surface area contributed by atoms with Crippen LogP contribution in [-0.2, 0) is 23.8 Å². The van der Waals surface area contributed by atoms with Crippen molar-refractivity contribution >= 4 is 11.9 Å². The SMILES string of the molecule is C#CCOC(=O)C1OC(OC(C)=O)C(O)C(O)C1O. The average molecular weight is 274 g/mol. The third-order valence-electron chi connectivity index (χ3n) is 2.38. The number of hydrogen-bond donors (Lipinski definition) is 3. The van der Waals surface area contributed by atoms with Gasteiger partial charge in [-0.1, -0.05) is 5.92 Å². The zero-order valence-corrected chi connectivity index (χ0v) is 10.1. The summed E-state index contributed by atoms with van der Waals surface area (Å²) in [6, 6.07) is 0. The fourth-order valence-corrected chi connectivity index (χ4v) is 1.50. The van der Waals surface area contributed by atoms with Crippen LogP contribution in [0.1, 0.15) is 6.92 Å². The van der Waals surface area contributed by atoms with Crippen LogP contribution in [0.4, 0.5) is 0 Å². The normalized spacial score (nSPS) is 34.2. The number of hydrogen-bond acceptors (Lipinski definition) is 8. The first-order valence-electron chi connectivity index (χ1n) is 5.35. The summed E-state index contributed by atoms with van der Waals surface area (Å²) in [7, 11) is 0. The lowest BCUT2D eigenvalue weighted by Crippen LogP contribution is -2.60. The topological polar surface area (TPSA) is 123 Å². The Morgan fingerprint density at radius 3 is 2.42 bits per heavy atom. The number of esters is 2. The summed E-state index contributed by atoms with van der Waals surface area (Å²) in [4.78, 5) is 22.3. The van der Waals surface area contributed by atoms with Crippen LogP contribution in [0.5, 0.6) is 0 Å². The van der Waals surface area contributed by atoms with Gasteiger partial charge in [0.2, 0.25) is 6.29 Å². The Morgan fingerprint density at radius 1 is 1.26 bits per heavy atom. The van der Waals surface area contributed by atoms with Crippen LogP contribution in [0.3, 0.4) is 0 Å². The lowest BCUT2D eigenvalue weighted by molar-refractivity contribution is -0.286. The van der Waals surface area contributed by atoms with Crippen LogP contribution < -0.4 is 0 Å². The minimum Gasteiger partial charge on any atom is -0.451 e. The first-order valence-corrected chi connectivity index (χ1v) is 5.35. The molecule has 1 aliphatic rings. The monoisotopic (exact) mass is 274 g/mol. The Hall–Kier alpha value is -1.66. The quantitative estimate of drug-likeness (QED) is 0.382. The second-order valence-electron chi connectivity index (χ2n) is 3.82. The summed E-state index contributed by atoms with van der Waals surface area (Å²) in [6.45, 7) is 0.710. The molecule has 0 spiro atoms. The van der Waals surface area contributed by atoms with Crippen molar-refractivity contribution in [2.75, 3.05) is 6.61 Å². The standard InChI is InChI=1S/C11H14O8/c1-3-4-17-10(16)9-7(14)6(13)8(15)11(19-9)18-5(2)12/h1,6-9,11,13-15H,4H2,2H3. The van der Waals surface area contributed by atoms with Gasteiger partial charge in [-0.15, -0.1) is 6.42 Å². The molecule has 1 rings (SSSR count). The van der Waals surface area contributed by atoms with E-state index in [0.29, 0.717) is 0 Å². The first kappa shape index (κ1) is 15.4. The van der Waals surface area contributed by atoms with Gasteiger partial charge in [-0.2, -0.15) is 0 Å². The predicted octanol–water partition coefficient (Wildman–Crippen LogP) is -2.47. The van der Waals surface area contributed by atoms with Gasteiger partial charge in [0.15, 0.2) is 12.7 Å². The maximum Gasteiger partial charge on any atom is 0.339 e. The molecule has 0 aliphatic carbocycles. The van der Waals surface area contributed by atoms with Crippen molar-refractivity contribution in [3.63, 3.8) is 0 Å². The van der Waals surface area contributed by atoms with Crippen molar-refractivity contribution < 1.29 is 39.1 Å². The minimum absolute atomic E-state index is 0.345. The maximum atomic E-state index is 11.5. The lowest BCUT2D eigenvalue weighted by atomic mass is 9.99. The highest BCUT2D eigenvalue weighted by Gasteiger charge is 2.48. The van der Waals surface area contributed by atoms with Gasteiger partial charge in [0.1, 0.15) is 18.3 Å². The van der Waals surface area contributed by atoms with E-state index in [-0.39, 0.29) is 6.61 Å². The van der Waals surface area contributed by atoms with Crippen molar-refractivity contribution in [2.24, 2.45) is 0 Å². The van der Waals surface area contributed by atoms with E-state index in [9.17, 15) is 24.9 Å². The van der Waals surface area contributed by atoms with Crippen LogP contribution >= 0.6 is 0 Å². The molecule has 0 aromatic carbocycles. The third kappa shape index (κ3) is 3.65. The van der Waals surface area contributed by atoms with Crippen molar-refractivity contribution in [3.05, 3.63) is 0 Å². The van der Waals surface area contributed by atoms with Crippen molar-refractivity contribution in [3.8, 4) is 12.3 Å². The molecule has 3 N–H and O–H groups in total. The summed E-state index contributed by atoms with van der Waals surface area (Å²) >= 11 is 0. The smallest absolute Gasteiger partial charge is 0.339 e. The van der Waals surface area contributed by atoms with E-state index in [1.807, 2.05) is 5.92 Å². The number of terminal acetylenes is 1. The van der Waals surface area contributed by atoms with E-state index in [1.54, 1.807) is 0 Å². The Bertz CT molecular complexity index is 387. The molecule has 1 saturated heterocycles. The zero-order valence-electron chi connectivity index (χ0n) is 10.1. The molecule has 8 heteroatoms. The van der Waals surface area contributed by atoms with Gasteiger partial charge in [-0.25, -0.2) is 4.79 Å². The van der Waals surface area contributed by atoms with Crippen molar-refractivity contribution in [1.29, 1.82) is 0 Å². The highest BCUT2D eigenvalue weighted by atomic mass is 16.7. The maximum absolute atomic E-state index is 11.5. The Morgan fingerprint density at radius 2 is 1.89 bits per heavy atom. The molecule has 0 aromatic heterocycles. The number of aliphatic hydroxyl groups is 3. The van der Waals surface area contributed by atoms with E-state index in [0.717, 1.165) is 6.92 Å². The minimum atomic E-state index is -1.73. The second kappa shape index (κ2) is 6.49. The molecular weight excluding hydrogens is 260 g/mol.